The molecule has 0 spiro atoms. The summed E-state index contributed by atoms with van der Waals surface area (Å²) in [5, 5.41) is 0. The third-order valence-electron chi connectivity index (χ3n) is 5.43. The predicted molar refractivity (Wildman–Crippen MR) is 102 cm³/mol. The van der Waals surface area contributed by atoms with Crippen molar-refractivity contribution in [1.82, 2.24) is 9.80 Å². The third kappa shape index (κ3) is 4.93. The van der Waals surface area contributed by atoms with Crippen molar-refractivity contribution >= 4 is 12.0 Å². The molecule has 25 heavy (non-hydrogen) atoms. The van der Waals surface area contributed by atoms with Crippen LogP contribution in [-0.4, -0.2) is 61.6 Å². The second-order valence-electron chi connectivity index (χ2n) is 7.27. The number of allylic oxidation sites excluding steroid dienone is 1. The quantitative estimate of drug-likeness (QED) is 0.843. The monoisotopic (exact) mass is 342 g/mol. The van der Waals surface area contributed by atoms with E-state index < -0.39 is 0 Å². The van der Waals surface area contributed by atoms with Gasteiger partial charge < -0.3 is 9.64 Å². The second kappa shape index (κ2) is 8.63. The van der Waals surface area contributed by atoms with E-state index in [2.05, 4.69) is 49.1 Å². The van der Waals surface area contributed by atoms with Crippen LogP contribution in [0.2, 0.25) is 0 Å². The lowest BCUT2D eigenvalue weighted by Crippen LogP contribution is -2.46. The van der Waals surface area contributed by atoms with Crippen LogP contribution in [0.5, 0.6) is 0 Å². The number of carbonyl (C=O) groups is 1. The van der Waals surface area contributed by atoms with Crippen LogP contribution in [0.3, 0.4) is 0 Å². The van der Waals surface area contributed by atoms with Gasteiger partial charge in [0.1, 0.15) is 0 Å². The van der Waals surface area contributed by atoms with Crippen molar-refractivity contribution in [3.63, 3.8) is 0 Å². The number of nitrogens with zero attached hydrogens (tertiary/aromatic N) is 2. The Morgan fingerprint density at radius 1 is 1.12 bits per heavy atom. The molecule has 4 heteroatoms. The summed E-state index contributed by atoms with van der Waals surface area (Å²) in [6, 6.07) is 6.44. The van der Waals surface area contributed by atoms with Crippen molar-refractivity contribution in [2.45, 2.75) is 26.7 Å². The minimum absolute atomic E-state index is 0.277. The Morgan fingerprint density at radius 3 is 2.40 bits per heavy atom. The van der Waals surface area contributed by atoms with Gasteiger partial charge in [-0.1, -0.05) is 30.4 Å². The van der Waals surface area contributed by atoms with Gasteiger partial charge in [-0.15, -0.1) is 0 Å². The van der Waals surface area contributed by atoms with Gasteiger partial charge in [0.25, 0.3) is 0 Å². The van der Waals surface area contributed by atoms with E-state index in [-0.39, 0.29) is 5.91 Å². The molecule has 0 aromatic heterocycles. The van der Waals surface area contributed by atoms with Gasteiger partial charge >= 0.3 is 0 Å². The van der Waals surface area contributed by atoms with Crippen molar-refractivity contribution in [2.24, 2.45) is 5.92 Å². The molecule has 2 heterocycles. The number of carbonyl (C=O) groups excluding carboxylic acids is 1. The first-order valence-corrected chi connectivity index (χ1v) is 9.46. The summed E-state index contributed by atoms with van der Waals surface area (Å²) < 4.78 is 5.35. The number of morpholine rings is 1. The molecule has 0 radical (unpaired) electrons. The first-order valence-electron chi connectivity index (χ1n) is 9.46. The highest BCUT2D eigenvalue weighted by Crippen LogP contribution is 2.22. The van der Waals surface area contributed by atoms with Crippen molar-refractivity contribution < 1.29 is 9.53 Å². The van der Waals surface area contributed by atoms with E-state index in [1.54, 1.807) is 0 Å². The van der Waals surface area contributed by atoms with Gasteiger partial charge in [-0.3, -0.25) is 9.69 Å². The fraction of sp³-hybridized carbons (Fsp3) is 0.571. The van der Waals surface area contributed by atoms with Gasteiger partial charge in [0.05, 0.1) is 19.8 Å². The topological polar surface area (TPSA) is 32.8 Å². The van der Waals surface area contributed by atoms with Crippen LogP contribution in [0.4, 0.5) is 0 Å². The SMILES string of the molecule is Cc1cccc(C)c1/C=C/C1CCN(C(=O)CN2CCOCC2)CC1. The van der Waals surface area contributed by atoms with Crippen LogP contribution in [0, 0.1) is 19.8 Å². The molecule has 2 aliphatic rings. The highest BCUT2D eigenvalue weighted by molar-refractivity contribution is 5.78. The fourth-order valence-corrected chi connectivity index (χ4v) is 3.71. The van der Waals surface area contributed by atoms with Crippen LogP contribution >= 0.6 is 0 Å². The molecule has 2 saturated heterocycles. The zero-order valence-electron chi connectivity index (χ0n) is 15.5. The van der Waals surface area contributed by atoms with Crippen LogP contribution in [0.15, 0.2) is 24.3 Å². The number of aryl methyl sites for hydroxylation is 2. The summed E-state index contributed by atoms with van der Waals surface area (Å²) in [6.45, 7) is 9.89. The Labute approximate surface area is 151 Å². The molecule has 0 aliphatic carbocycles. The Kier molecular flexibility index (Phi) is 6.27. The first kappa shape index (κ1) is 18.2. The van der Waals surface area contributed by atoms with E-state index in [0.717, 1.165) is 52.2 Å². The number of ether oxygens (including phenoxy) is 1. The molecule has 3 rings (SSSR count). The molecule has 2 aliphatic heterocycles. The molecule has 2 fully saturated rings. The summed E-state index contributed by atoms with van der Waals surface area (Å²) in [7, 11) is 0. The summed E-state index contributed by atoms with van der Waals surface area (Å²) in [5.41, 5.74) is 4.00. The van der Waals surface area contributed by atoms with Gasteiger partial charge in [0, 0.05) is 26.2 Å². The number of amides is 1. The molecule has 0 saturated carbocycles. The van der Waals surface area contributed by atoms with Crippen molar-refractivity contribution in [2.75, 3.05) is 45.9 Å². The maximum Gasteiger partial charge on any atom is 0.236 e. The normalized spacial score (nSPS) is 20.3. The minimum Gasteiger partial charge on any atom is -0.379 e. The number of hydrogen-bond acceptors (Lipinski definition) is 3. The van der Waals surface area contributed by atoms with E-state index >= 15 is 0 Å². The Bertz CT molecular complexity index is 592. The summed E-state index contributed by atoms with van der Waals surface area (Å²) >= 11 is 0. The summed E-state index contributed by atoms with van der Waals surface area (Å²) in [4.78, 5) is 16.7. The molecule has 0 N–H and O–H groups in total. The van der Waals surface area contributed by atoms with E-state index in [1.807, 2.05) is 4.90 Å². The predicted octanol–water partition coefficient (Wildman–Crippen LogP) is 2.89. The van der Waals surface area contributed by atoms with Crippen LogP contribution in [0.1, 0.15) is 29.5 Å². The average molecular weight is 342 g/mol. The van der Waals surface area contributed by atoms with Gasteiger partial charge in [0.2, 0.25) is 5.91 Å². The lowest BCUT2D eigenvalue weighted by Gasteiger charge is -2.33. The third-order valence-corrected chi connectivity index (χ3v) is 5.43. The Hall–Kier alpha value is -1.65. The largest absolute Gasteiger partial charge is 0.379 e. The van der Waals surface area contributed by atoms with Gasteiger partial charge in [-0.05, 0) is 49.3 Å². The molecule has 1 aromatic carbocycles. The zero-order chi connectivity index (χ0) is 17.6. The number of piperidine rings is 1. The minimum atomic E-state index is 0.277. The lowest BCUT2D eigenvalue weighted by atomic mass is 9.94. The molecular weight excluding hydrogens is 312 g/mol. The van der Waals surface area contributed by atoms with Crippen LogP contribution in [0.25, 0.3) is 6.08 Å². The van der Waals surface area contributed by atoms with Crippen molar-refractivity contribution in [3.8, 4) is 0 Å². The smallest absolute Gasteiger partial charge is 0.236 e. The average Bonchev–Trinajstić information content (AvgIpc) is 2.62. The molecule has 136 valence electrons. The highest BCUT2D eigenvalue weighted by Gasteiger charge is 2.23. The van der Waals surface area contributed by atoms with Gasteiger partial charge in [0.15, 0.2) is 0 Å². The van der Waals surface area contributed by atoms with E-state index in [0.29, 0.717) is 12.5 Å². The molecule has 1 aromatic rings. The standard InChI is InChI=1S/C21H30N2O2/c1-17-4-3-5-18(2)20(17)7-6-19-8-10-23(11-9-19)21(24)16-22-12-14-25-15-13-22/h3-7,19H,8-16H2,1-2H3/b7-6+. The number of hydrogen-bond donors (Lipinski definition) is 0. The summed E-state index contributed by atoms with van der Waals surface area (Å²) in [6.07, 6.45) is 6.76. The van der Waals surface area contributed by atoms with Gasteiger partial charge in [-0.2, -0.15) is 0 Å². The molecular formula is C21H30N2O2. The summed E-state index contributed by atoms with van der Waals surface area (Å²) in [5.74, 6) is 0.852. The molecule has 1 amide bonds. The molecule has 0 unspecified atom stereocenters. The zero-order valence-corrected chi connectivity index (χ0v) is 15.5. The van der Waals surface area contributed by atoms with Crippen LogP contribution < -0.4 is 0 Å². The van der Waals surface area contributed by atoms with Crippen LogP contribution in [-0.2, 0) is 9.53 Å². The Balaban J connectivity index is 1.48. The maximum absolute atomic E-state index is 12.5. The second-order valence-corrected chi connectivity index (χ2v) is 7.27. The van der Waals surface area contributed by atoms with Crippen molar-refractivity contribution in [3.05, 3.63) is 41.0 Å². The van der Waals surface area contributed by atoms with Crippen molar-refractivity contribution in [1.29, 1.82) is 0 Å². The Morgan fingerprint density at radius 2 is 1.76 bits per heavy atom. The lowest BCUT2D eigenvalue weighted by molar-refractivity contribution is -0.134. The molecule has 0 bridgehead atoms. The van der Waals surface area contributed by atoms with Gasteiger partial charge in [-0.25, -0.2) is 0 Å². The molecule has 0 atom stereocenters. The maximum atomic E-state index is 12.5. The van der Waals surface area contributed by atoms with E-state index in [4.69, 9.17) is 4.74 Å². The number of benzene rings is 1. The van der Waals surface area contributed by atoms with E-state index in [9.17, 15) is 4.79 Å². The highest BCUT2D eigenvalue weighted by atomic mass is 16.5. The number of rotatable bonds is 4. The van der Waals surface area contributed by atoms with E-state index in [1.165, 1.54) is 16.7 Å². The number of likely N-dealkylation sites (tertiary alicyclic amines) is 1. The molecule has 4 nitrogen and oxygen atoms in total. The fourth-order valence-electron chi connectivity index (χ4n) is 3.71. The first-order chi connectivity index (χ1) is 12.1.